The summed E-state index contributed by atoms with van der Waals surface area (Å²) < 4.78 is 18.4. The van der Waals surface area contributed by atoms with Crippen LogP contribution in [0.15, 0.2) is 18.2 Å². The first-order valence-electron chi connectivity index (χ1n) is 6.08. The van der Waals surface area contributed by atoms with Gasteiger partial charge in [0.05, 0.1) is 7.11 Å². The van der Waals surface area contributed by atoms with Crippen molar-refractivity contribution in [1.29, 1.82) is 0 Å². The Morgan fingerprint density at radius 2 is 2.06 bits per heavy atom. The normalized spacial score (nSPS) is 12.8. The number of ether oxygens (including phenoxy) is 1. The largest absolute Gasteiger partial charge is 0.496 e. The third-order valence-corrected chi connectivity index (χ3v) is 3.14. The van der Waals surface area contributed by atoms with Crippen LogP contribution in [0.5, 0.6) is 5.75 Å². The molecule has 1 atom stereocenters. The van der Waals surface area contributed by atoms with Gasteiger partial charge in [0.25, 0.3) is 0 Å². The Balaban J connectivity index is 2.70. The lowest BCUT2D eigenvalue weighted by Gasteiger charge is -2.20. The number of hydrogen-bond donors (Lipinski definition) is 1. The number of methoxy groups -OCH3 is 1. The molecule has 0 bridgehead atoms. The van der Waals surface area contributed by atoms with Gasteiger partial charge in [0, 0.05) is 6.04 Å². The molecule has 0 radical (unpaired) electrons. The third-order valence-electron chi connectivity index (χ3n) is 3.14. The van der Waals surface area contributed by atoms with Crippen LogP contribution < -0.4 is 10.1 Å². The van der Waals surface area contributed by atoms with Gasteiger partial charge in [-0.3, -0.25) is 0 Å². The van der Waals surface area contributed by atoms with Gasteiger partial charge in [0.15, 0.2) is 0 Å². The van der Waals surface area contributed by atoms with Gasteiger partial charge in [-0.05, 0) is 49.6 Å². The Morgan fingerprint density at radius 3 is 2.59 bits per heavy atom. The molecule has 0 amide bonds. The highest BCUT2D eigenvalue weighted by molar-refractivity contribution is 5.34. The minimum atomic E-state index is -0.202. The highest BCUT2D eigenvalue weighted by atomic mass is 19.1. The summed E-state index contributed by atoms with van der Waals surface area (Å²) in [6.07, 6.45) is 1.80. The summed E-state index contributed by atoms with van der Waals surface area (Å²) in [6, 6.07) is 5.13. The van der Waals surface area contributed by atoms with Gasteiger partial charge in [0.2, 0.25) is 0 Å². The van der Waals surface area contributed by atoms with Gasteiger partial charge in [0.1, 0.15) is 11.6 Å². The van der Waals surface area contributed by atoms with E-state index in [2.05, 4.69) is 19.2 Å². The van der Waals surface area contributed by atoms with E-state index >= 15 is 0 Å². The van der Waals surface area contributed by atoms with Gasteiger partial charge in [-0.2, -0.15) is 0 Å². The van der Waals surface area contributed by atoms with Crippen molar-refractivity contribution >= 4 is 0 Å². The van der Waals surface area contributed by atoms with Crippen LogP contribution in [-0.2, 0) is 6.42 Å². The second kappa shape index (κ2) is 6.60. The number of rotatable bonds is 6. The summed E-state index contributed by atoms with van der Waals surface area (Å²) in [5, 5.41) is 3.29. The molecule has 0 aliphatic carbocycles. The predicted octanol–water partition coefficient (Wildman–Crippen LogP) is 3.01. The van der Waals surface area contributed by atoms with Crippen molar-refractivity contribution < 1.29 is 9.13 Å². The maximum atomic E-state index is 13.2. The van der Waals surface area contributed by atoms with Gasteiger partial charge in [-0.25, -0.2) is 4.39 Å². The first kappa shape index (κ1) is 14.0. The molecule has 3 heteroatoms. The van der Waals surface area contributed by atoms with E-state index in [0.717, 1.165) is 24.2 Å². The summed E-state index contributed by atoms with van der Waals surface area (Å²) in [5.74, 6) is 1.14. The van der Waals surface area contributed by atoms with E-state index in [4.69, 9.17) is 4.74 Å². The minimum absolute atomic E-state index is 0.202. The highest BCUT2D eigenvalue weighted by Crippen LogP contribution is 2.22. The van der Waals surface area contributed by atoms with Crippen LogP contribution in [0.3, 0.4) is 0 Å². The number of benzene rings is 1. The lowest BCUT2D eigenvalue weighted by atomic mass is 9.96. The standard InChI is InChI=1S/C14H22FNO/c1-10(2)13(16-3)7-5-11-9-12(15)6-8-14(11)17-4/h6,8-10,13,16H,5,7H2,1-4H3. The first-order valence-corrected chi connectivity index (χ1v) is 6.08. The van der Waals surface area contributed by atoms with E-state index in [9.17, 15) is 4.39 Å². The second-order valence-corrected chi connectivity index (χ2v) is 4.63. The lowest BCUT2D eigenvalue weighted by molar-refractivity contribution is 0.388. The number of hydrogen-bond acceptors (Lipinski definition) is 2. The second-order valence-electron chi connectivity index (χ2n) is 4.63. The van der Waals surface area contributed by atoms with E-state index in [-0.39, 0.29) is 5.82 Å². The van der Waals surface area contributed by atoms with Crippen molar-refractivity contribution in [2.24, 2.45) is 5.92 Å². The zero-order chi connectivity index (χ0) is 12.8. The lowest BCUT2D eigenvalue weighted by Crippen LogP contribution is -2.31. The molecule has 96 valence electrons. The molecule has 1 aromatic carbocycles. The van der Waals surface area contributed by atoms with Crippen LogP contribution in [0.25, 0.3) is 0 Å². The molecule has 1 unspecified atom stereocenters. The zero-order valence-electron chi connectivity index (χ0n) is 11.1. The third kappa shape index (κ3) is 4.00. The molecule has 0 spiro atoms. The van der Waals surface area contributed by atoms with Crippen molar-refractivity contribution in [3.8, 4) is 5.75 Å². The van der Waals surface area contributed by atoms with Crippen LogP contribution in [0, 0.1) is 11.7 Å². The molecule has 0 saturated carbocycles. The summed E-state index contributed by atoms with van der Waals surface area (Å²) in [7, 11) is 3.59. The Hall–Kier alpha value is -1.09. The van der Waals surface area contributed by atoms with Crippen molar-refractivity contribution in [2.45, 2.75) is 32.7 Å². The SMILES string of the molecule is CNC(CCc1cc(F)ccc1OC)C(C)C. The van der Waals surface area contributed by atoms with Gasteiger partial charge >= 0.3 is 0 Å². The quantitative estimate of drug-likeness (QED) is 0.824. The van der Waals surface area contributed by atoms with Gasteiger partial charge < -0.3 is 10.1 Å². The molecule has 0 heterocycles. The van der Waals surface area contributed by atoms with E-state index in [1.807, 2.05) is 7.05 Å². The summed E-state index contributed by atoms with van der Waals surface area (Å²) in [4.78, 5) is 0. The van der Waals surface area contributed by atoms with E-state index in [1.165, 1.54) is 6.07 Å². The van der Waals surface area contributed by atoms with Gasteiger partial charge in [-0.1, -0.05) is 13.8 Å². The maximum Gasteiger partial charge on any atom is 0.123 e. The fourth-order valence-electron chi connectivity index (χ4n) is 2.06. The molecule has 0 saturated heterocycles. The number of nitrogens with one attached hydrogen (secondary N) is 1. The Morgan fingerprint density at radius 1 is 1.35 bits per heavy atom. The smallest absolute Gasteiger partial charge is 0.123 e. The molecule has 1 rings (SSSR count). The van der Waals surface area contributed by atoms with E-state index in [0.29, 0.717) is 12.0 Å². The molecule has 0 aliphatic heterocycles. The molecule has 17 heavy (non-hydrogen) atoms. The maximum absolute atomic E-state index is 13.2. The number of aryl methyl sites for hydroxylation is 1. The average molecular weight is 239 g/mol. The topological polar surface area (TPSA) is 21.3 Å². The molecule has 0 fully saturated rings. The summed E-state index contributed by atoms with van der Waals surface area (Å²) >= 11 is 0. The minimum Gasteiger partial charge on any atom is -0.496 e. The van der Waals surface area contributed by atoms with Crippen molar-refractivity contribution in [1.82, 2.24) is 5.32 Å². The first-order chi connectivity index (χ1) is 8.08. The summed E-state index contributed by atoms with van der Waals surface area (Å²) in [5.41, 5.74) is 0.938. The summed E-state index contributed by atoms with van der Waals surface area (Å²) in [6.45, 7) is 4.37. The Bertz CT molecular complexity index is 352. The average Bonchev–Trinajstić information content (AvgIpc) is 2.29. The van der Waals surface area contributed by atoms with Crippen molar-refractivity contribution in [3.05, 3.63) is 29.6 Å². The van der Waals surface area contributed by atoms with Crippen LogP contribution in [0.4, 0.5) is 4.39 Å². The predicted molar refractivity (Wildman–Crippen MR) is 69.0 cm³/mol. The fourth-order valence-corrected chi connectivity index (χ4v) is 2.06. The van der Waals surface area contributed by atoms with Crippen molar-refractivity contribution in [3.63, 3.8) is 0 Å². The van der Waals surface area contributed by atoms with Crippen LogP contribution in [0.2, 0.25) is 0 Å². The van der Waals surface area contributed by atoms with E-state index < -0.39 is 0 Å². The molecule has 0 aromatic heterocycles. The molecule has 1 aromatic rings. The monoisotopic (exact) mass is 239 g/mol. The van der Waals surface area contributed by atoms with Crippen molar-refractivity contribution in [2.75, 3.05) is 14.2 Å². The van der Waals surface area contributed by atoms with Crippen LogP contribution in [-0.4, -0.2) is 20.2 Å². The Kier molecular flexibility index (Phi) is 5.42. The molecular weight excluding hydrogens is 217 g/mol. The van der Waals surface area contributed by atoms with E-state index in [1.54, 1.807) is 19.2 Å². The van der Waals surface area contributed by atoms with Gasteiger partial charge in [-0.15, -0.1) is 0 Å². The van der Waals surface area contributed by atoms with Crippen LogP contribution in [0.1, 0.15) is 25.8 Å². The Labute approximate surface area is 103 Å². The highest BCUT2D eigenvalue weighted by Gasteiger charge is 2.12. The molecule has 1 N–H and O–H groups in total. The zero-order valence-corrected chi connectivity index (χ0v) is 11.1. The fraction of sp³-hybridized carbons (Fsp3) is 0.571. The molecular formula is C14H22FNO. The van der Waals surface area contributed by atoms with Crippen LogP contribution >= 0.6 is 0 Å². The molecule has 0 aliphatic rings. The molecule has 2 nitrogen and oxygen atoms in total. The number of halogens is 1.